The van der Waals surface area contributed by atoms with Crippen molar-refractivity contribution in [2.45, 2.75) is 6.61 Å². The number of carbonyl (C=O) groups excluding carboxylic acids is 2. The third kappa shape index (κ3) is 4.87. The monoisotopic (exact) mass is 435 g/mol. The first-order valence-corrected chi connectivity index (χ1v) is 9.26. The third-order valence-electron chi connectivity index (χ3n) is 4.81. The van der Waals surface area contributed by atoms with Crippen molar-refractivity contribution in [3.63, 3.8) is 0 Å². The molecule has 1 heterocycles. The molecule has 0 aromatic heterocycles. The summed E-state index contributed by atoms with van der Waals surface area (Å²) in [7, 11) is 1.35. The lowest BCUT2D eigenvalue weighted by atomic mass is 10.1. The number of nitro groups is 1. The van der Waals surface area contributed by atoms with Gasteiger partial charge < -0.3 is 19.3 Å². The summed E-state index contributed by atoms with van der Waals surface area (Å²) in [6.45, 7) is -2.42. The summed E-state index contributed by atoms with van der Waals surface area (Å²) in [6, 6.07) is 9.45. The fourth-order valence-electron chi connectivity index (χ4n) is 3.27. The van der Waals surface area contributed by atoms with Crippen LogP contribution in [-0.4, -0.2) is 66.4 Å². The van der Waals surface area contributed by atoms with Crippen LogP contribution >= 0.6 is 0 Å². The Bertz CT molecular complexity index is 993. The van der Waals surface area contributed by atoms with Gasteiger partial charge in [0, 0.05) is 38.3 Å². The van der Waals surface area contributed by atoms with Gasteiger partial charge in [-0.1, -0.05) is 12.1 Å². The Balaban J connectivity index is 1.72. The number of nitro benzene ring substituents is 1. The van der Waals surface area contributed by atoms with E-state index in [9.17, 15) is 28.5 Å². The zero-order chi connectivity index (χ0) is 22.5. The number of ether oxygens (including phenoxy) is 2. The predicted molar refractivity (Wildman–Crippen MR) is 105 cm³/mol. The zero-order valence-electron chi connectivity index (χ0n) is 16.5. The van der Waals surface area contributed by atoms with E-state index in [-0.39, 0.29) is 54.5 Å². The zero-order valence-corrected chi connectivity index (χ0v) is 16.5. The molecule has 0 aliphatic carbocycles. The Kier molecular flexibility index (Phi) is 6.63. The number of nitrogens with zero attached hydrogens (tertiary/aromatic N) is 3. The summed E-state index contributed by atoms with van der Waals surface area (Å²) in [6.07, 6.45) is 0. The number of para-hydroxylation sites is 1. The minimum absolute atomic E-state index is 0.00271. The average molecular weight is 435 g/mol. The first-order chi connectivity index (χ1) is 14.8. The number of benzene rings is 2. The molecule has 2 amide bonds. The summed E-state index contributed by atoms with van der Waals surface area (Å²) in [4.78, 5) is 39.0. The van der Waals surface area contributed by atoms with Crippen LogP contribution in [0.2, 0.25) is 0 Å². The molecule has 0 bridgehead atoms. The van der Waals surface area contributed by atoms with Crippen molar-refractivity contribution >= 4 is 17.5 Å². The Labute approximate surface area is 175 Å². The van der Waals surface area contributed by atoms with Gasteiger partial charge in [-0.05, 0) is 18.2 Å². The number of amides is 2. The number of piperazine rings is 1. The lowest BCUT2D eigenvalue weighted by Gasteiger charge is -2.35. The van der Waals surface area contributed by atoms with Gasteiger partial charge in [0.05, 0.1) is 23.2 Å². The first kappa shape index (κ1) is 21.9. The van der Waals surface area contributed by atoms with E-state index < -0.39 is 23.3 Å². The first-order valence-electron chi connectivity index (χ1n) is 9.26. The molecule has 9 nitrogen and oxygen atoms in total. The van der Waals surface area contributed by atoms with Crippen molar-refractivity contribution in [2.75, 3.05) is 33.3 Å². The lowest BCUT2D eigenvalue weighted by Crippen LogP contribution is -2.50. The van der Waals surface area contributed by atoms with E-state index >= 15 is 0 Å². The molecule has 0 spiro atoms. The number of hydrogen-bond acceptors (Lipinski definition) is 6. The molecule has 2 aromatic rings. The van der Waals surface area contributed by atoms with Crippen LogP contribution in [0.1, 0.15) is 20.7 Å². The minimum atomic E-state index is -3.06. The largest absolute Gasteiger partial charge is 0.496 e. The van der Waals surface area contributed by atoms with Gasteiger partial charge in [-0.15, -0.1) is 0 Å². The number of halogens is 2. The number of hydrogen-bond donors (Lipinski definition) is 0. The highest BCUT2D eigenvalue weighted by Gasteiger charge is 2.29. The SMILES string of the molecule is COc1ccc([N+](=O)[O-])cc1C(=O)N1CCN(C(=O)c2ccccc2OC(F)F)CC1. The van der Waals surface area contributed by atoms with Crippen molar-refractivity contribution < 1.29 is 32.8 Å². The summed E-state index contributed by atoms with van der Waals surface area (Å²) in [5, 5.41) is 11.0. The molecular weight excluding hydrogens is 416 g/mol. The van der Waals surface area contributed by atoms with E-state index in [1.54, 1.807) is 6.07 Å². The van der Waals surface area contributed by atoms with Crippen LogP contribution in [0.5, 0.6) is 11.5 Å². The molecule has 11 heteroatoms. The van der Waals surface area contributed by atoms with Gasteiger partial charge in [-0.2, -0.15) is 8.78 Å². The fourth-order valence-corrected chi connectivity index (χ4v) is 3.27. The molecule has 3 rings (SSSR count). The predicted octanol–water partition coefficient (Wildman–Crippen LogP) is 2.80. The van der Waals surface area contributed by atoms with Crippen LogP contribution in [0.25, 0.3) is 0 Å². The van der Waals surface area contributed by atoms with Gasteiger partial charge in [0.25, 0.3) is 17.5 Å². The molecule has 164 valence electrons. The van der Waals surface area contributed by atoms with Gasteiger partial charge in [-0.3, -0.25) is 19.7 Å². The standard InChI is InChI=1S/C20H19F2N3O6/c1-30-16-7-6-13(25(28)29)12-15(16)19(27)24-10-8-23(9-11-24)18(26)14-4-2-3-5-17(14)31-20(21)22/h2-7,12,20H,8-11H2,1H3. The molecule has 1 aliphatic heterocycles. The van der Waals surface area contributed by atoms with Crippen molar-refractivity contribution in [1.82, 2.24) is 9.80 Å². The van der Waals surface area contributed by atoms with Crippen molar-refractivity contribution in [3.05, 3.63) is 63.7 Å². The minimum Gasteiger partial charge on any atom is -0.496 e. The topological polar surface area (TPSA) is 102 Å². The summed E-state index contributed by atoms with van der Waals surface area (Å²) in [5.74, 6) is -0.972. The smallest absolute Gasteiger partial charge is 0.387 e. The number of carbonyl (C=O) groups is 2. The lowest BCUT2D eigenvalue weighted by molar-refractivity contribution is -0.384. The van der Waals surface area contributed by atoms with Gasteiger partial charge >= 0.3 is 6.61 Å². The Morgan fingerprint density at radius 1 is 0.968 bits per heavy atom. The van der Waals surface area contributed by atoms with E-state index in [1.165, 1.54) is 47.2 Å². The molecule has 31 heavy (non-hydrogen) atoms. The summed E-state index contributed by atoms with van der Waals surface area (Å²) >= 11 is 0. The van der Waals surface area contributed by atoms with Crippen LogP contribution in [0, 0.1) is 10.1 Å². The van der Waals surface area contributed by atoms with Gasteiger partial charge in [-0.25, -0.2) is 0 Å². The maximum absolute atomic E-state index is 12.9. The number of methoxy groups -OCH3 is 1. The molecule has 1 saturated heterocycles. The van der Waals surface area contributed by atoms with Gasteiger partial charge in [0.2, 0.25) is 0 Å². The second-order valence-electron chi connectivity index (χ2n) is 6.60. The highest BCUT2D eigenvalue weighted by atomic mass is 19.3. The average Bonchev–Trinajstić information content (AvgIpc) is 2.77. The fraction of sp³-hybridized carbons (Fsp3) is 0.300. The molecule has 1 aliphatic rings. The number of non-ortho nitro benzene ring substituents is 1. The van der Waals surface area contributed by atoms with E-state index in [1.807, 2.05) is 0 Å². The second-order valence-corrected chi connectivity index (χ2v) is 6.60. The quantitative estimate of drug-likeness (QED) is 0.511. The number of alkyl halides is 2. The van der Waals surface area contributed by atoms with Crippen LogP contribution in [-0.2, 0) is 0 Å². The maximum Gasteiger partial charge on any atom is 0.387 e. The Morgan fingerprint density at radius 3 is 2.10 bits per heavy atom. The highest BCUT2D eigenvalue weighted by Crippen LogP contribution is 2.26. The van der Waals surface area contributed by atoms with Gasteiger partial charge in [0.1, 0.15) is 11.5 Å². The summed E-state index contributed by atoms with van der Waals surface area (Å²) < 4.78 is 34.8. The van der Waals surface area contributed by atoms with Gasteiger partial charge in [0.15, 0.2) is 0 Å². The Morgan fingerprint density at radius 2 is 1.55 bits per heavy atom. The van der Waals surface area contributed by atoms with Crippen molar-refractivity contribution in [3.8, 4) is 11.5 Å². The molecule has 2 aromatic carbocycles. The molecule has 0 N–H and O–H groups in total. The van der Waals surface area contributed by atoms with Crippen LogP contribution in [0.15, 0.2) is 42.5 Å². The molecular formula is C20H19F2N3O6. The van der Waals surface area contributed by atoms with Crippen LogP contribution < -0.4 is 9.47 Å². The maximum atomic E-state index is 12.9. The summed E-state index contributed by atoms with van der Waals surface area (Å²) in [5.41, 5.74) is -0.191. The third-order valence-corrected chi connectivity index (χ3v) is 4.81. The van der Waals surface area contributed by atoms with E-state index in [2.05, 4.69) is 4.74 Å². The molecule has 0 radical (unpaired) electrons. The van der Waals surface area contributed by atoms with Crippen LogP contribution in [0.3, 0.4) is 0 Å². The molecule has 1 fully saturated rings. The highest BCUT2D eigenvalue weighted by molar-refractivity contribution is 5.99. The Hall–Kier alpha value is -3.76. The molecule has 0 unspecified atom stereocenters. The van der Waals surface area contributed by atoms with Crippen molar-refractivity contribution in [2.24, 2.45) is 0 Å². The van der Waals surface area contributed by atoms with E-state index in [0.29, 0.717) is 0 Å². The van der Waals surface area contributed by atoms with Crippen molar-refractivity contribution in [1.29, 1.82) is 0 Å². The van der Waals surface area contributed by atoms with E-state index in [4.69, 9.17) is 4.74 Å². The number of rotatable bonds is 6. The van der Waals surface area contributed by atoms with E-state index in [0.717, 1.165) is 6.07 Å². The van der Waals surface area contributed by atoms with Crippen LogP contribution in [0.4, 0.5) is 14.5 Å². The normalized spacial score (nSPS) is 13.8. The second kappa shape index (κ2) is 9.37. The molecule has 0 saturated carbocycles. The molecule has 0 atom stereocenters.